The summed E-state index contributed by atoms with van der Waals surface area (Å²) in [6.45, 7) is 0.798. The SMILES string of the molecule is O=C1NC(=O)C(CCc2ccncc2)(CCc2ccncc2)C(=O)N1C[C@H]1CCCO1. The number of nitrogens with zero attached hydrogens (tertiary/aromatic N) is 3. The average Bonchev–Trinajstić information content (AvgIpc) is 3.31. The van der Waals surface area contributed by atoms with Crippen LogP contribution in [0.3, 0.4) is 0 Å². The topological polar surface area (TPSA) is 101 Å². The van der Waals surface area contributed by atoms with Crippen molar-refractivity contribution < 1.29 is 19.1 Å². The molecule has 2 fully saturated rings. The number of hydrogen-bond acceptors (Lipinski definition) is 6. The van der Waals surface area contributed by atoms with Crippen molar-refractivity contribution in [2.45, 2.75) is 44.6 Å². The van der Waals surface area contributed by atoms with Crippen LogP contribution in [0, 0.1) is 5.41 Å². The zero-order valence-electron chi connectivity index (χ0n) is 17.3. The molecular formula is C23H26N4O4. The molecule has 0 unspecified atom stereocenters. The van der Waals surface area contributed by atoms with E-state index >= 15 is 0 Å². The Morgan fingerprint density at radius 3 is 2.06 bits per heavy atom. The number of rotatable bonds is 8. The molecule has 0 aliphatic carbocycles. The molecule has 2 aliphatic heterocycles. The summed E-state index contributed by atoms with van der Waals surface area (Å²) in [6.07, 6.45) is 9.95. The van der Waals surface area contributed by atoms with E-state index in [-0.39, 0.29) is 12.6 Å². The van der Waals surface area contributed by atoms with Gasteiger partial charge in [0.2, 0.25) is 11.8 Å². The van der Waals surface area contributed by atoms with Crippen LogP contribution in [-0.4, -0.2) is 52.0 Å². The quantitative estimate of drug-likeness (QED) is 0.655. The Kier molecular flexibility index (Phi) is 6.36. The molecule has 162 valence electrons. The van der Waals surface area contributed by atoms with Gasteiger partial charge in [-0.15, -0.1) is 0 Å². The molecule has 1 N–H and O–H groups in total. The maximum absolute atomic E-state index is 13.7. The van der Waals surface area contributed by atoms with Crippen molar-refractivity contribution in [2.24, 2.45) is 5.41 Å². The Hall–Kier alpha value is -3.13. The van der Waals surface area contributed by atoms with Crippen molar-refractivity contribution >= 4 is 17.8 Å². The van der Waals surface area contributed by atoms with E-state index in [4.69, 9.17) is 4.74 Å². The minimum absolute atomic E-state index is 0.171. The lowest BCUT2D eigenvalue weighted by molar-refractivity contribution is -0.153. The number of barbiturate groups is 1. The van der Waals surface area contributed by atoms with Crippen LogP contribution >= 0.6 is 0 Å². The van der Waals surface area contributed by atoms with Gasteiger partial charge in [-0.1, -0.05) is 0 Å². The third kappa shape index (κ3) is 4.64. The molecule has 0 spiro atoms. The maximum atomic E-state index is 13.7. The average molecular weight is 422 g/mol. The lowest BCUT2D eigenvalue weighted by atomic mass is 9.74. The van der Waals surface area contributed by atoms with Crippen LogP contribution in [0.15, 0.2) is 49.1 Å². The van der Waals surface area contributed by atoms with E-state index in [1.165, 1.54) is 4.90 Å². The molecule has 2 saturated heterocycles. The molecule has 8 nitrogen and oxygen atoms in total. The minimum Gasteiger partial charge on any atom is -0.376 e. The summed E-state index contributed by atoms with van der Waals surface area (Å²) in [4.78, 5) is 48.6. The number of amides is 4. The first kappa shape index (κ1) is 21.1. The van der Waals surface area contributed by atoms with Crippen molar-refractivity contribution in [1.29, 1.82) is 0 Å². The van der Waals surface area contributed by atoms with Crippen molar-refractivity contribution in [2.75, 3.05) is 13.2 Å². The summed E-state index contributed by atoms with van der Waals surface area (Å²) in [5.74, 6) is -0.950. The van der Waals surface area contributed by atoms with Gasteiger partial charge in [0.05, 0.1) is 12.6 Å². The molecule has 4 amide bonds. The van der Waals surface area contributed by atoms with E-state index in [2.05, 4.69) is 15.3 Å². The van der Waals surface area contributed by atoms with Crippen LogP contribution in [0.25, 0.3) is 0 Å². The van der Waals surface area contributed by atoms with Gasteiger partial charge in [0, 0.05) is 31.4 Å². The number of aromatic nitrogens is 2. The lowest BCUT2D eigenvalue weighted by Gasteiger charge is -2.40. The number of carbonyl (C=O) groups is 3. The maximum Gasteiger partial charge on any atom is 0.330 e. The second-order valence-corrected chi connectivity index (χ2v) is 8.10. The Morgan fingerprint density at radius 2 is 1.55 bits per heavy atom. The molecule has 1 atom stereocenters. The van der Waals surface area contributed by atoms with Gasteiger partial charge in [-0.05, 0) is 73.9 Å². The summed E-state index contributed by atoms with van der Waals surface area (Å²) >= 11 is 0. The van der Waals surface area contributed by atoms with Crippen LogP contribution in [0.4, 0.5) is 4.79 Å². The van der Waals surface area contributed by atoms with Gasteiger partial charge in [-0.2, -0.15) is 0 Å². The summed E-state index contributed by atoms with van der Waals surface area (Å²) in [5.41, 5.74) is 0.655. The molecule has 0 radical (unpaired) electrons. The normalized spacial score (nSPS) is 20.7. The van der Waals surface area contributed by atoms with Gasteiger partial charge in [-0.3, -0.25) is 29.8 Å². The molecule has 0 saturated carbocycles. The molecule has 31 heavy (non-hydrogen) atoms. The van der Waals surface area contributed by atoms with Crippen LogP contribution in [0.1, 0.15) is 36.8 Å². The second-order valence-electron chi connectivity index (χ2n) is 8.10. The first-order valence-corrected chi connectivity index (χ1v) is 10.7. The number of nitrogens with one attached hydrogen (secondary N) is 1. The summed E-state index contributed by atoms with van der Waals surface area (Å²) in [6, 6.07) is 6.83. The molecule has 2 aliphatic rings. The van der Waals surface area contributed by atoms with Crippen molar-refractivity contribution in [3.63, 3.8) is 0 Å². The van der Waals surface area contributed by atoms with E-state index in [0.29, 0.717) is 32.3 Å². The fraction of sp³-hybridized carbons (Fsp3) is 0.435. The standard InChI is InChI=1S/C23H26N4O4/c28-20-23(9-3-17-5-11-24-12-6-17,10-4-18-7-13-25-14-8-18)21(29)27(22(30)26-20)16-19-2-1-15-31-19/h5-8,11-14,19H,1-4,9-10,15-16H2,(H,26,28,30)/t19-/m1/s1. The van der Waals surface area contributed by atoms with E-state index < -0.39 is 23.3 Å². The minimum atomic E-state index is -1.32. The smallest absolute Gasteiger partial charge is 0.330 e. The highest BCUT2D eigenvalue weighted by Gasteiger charge is 2.53. The van der Waals surface area contributed by atoms with E-state index in [9.17, 15) is 14.4 Å². The van der Waals surface area contributed by atoms with Gasteiger partial charge < -0.3 is 4.74 Å². The molecular weight excluding hydrogens is 396 g/mol. The van der Waals surface area contributed by atoms with Crippen LogP contribution < -0.4 is 5.32 Å². The molecule has 8 heteroatoms. The Labute approximate surface area is 181 Å². The van der Waals surface area contributed by atoms with Crippen molar-refractivity contribution in [1.82, 2.24) is 20.2 Å². The van der Waals surface area contributed by atoms with E-state index in [1.807, 2.05) is 24.3 Å². The van der Waals surface area contributed by atoms with E-state index in [1.54, 1.807) is 24.8 Å². The summed E-state index contributed by atoms with van der Waals surface area (Å²) in [7, 11) is 0. The van der Waals surface area contributed by atoms with Gasteiger partial charge in [-0.25, -0.2) is 4.79 Å². The van der Waals surface area contributed by atoms with Crippen LogP contribution in [0.5, 0.6) is 0 Å². The number of hydrogen-bond donors (Lipinski definition) is 1. The predicted octanol–water partition coefficient (Wildman–Crippen LogP) is 2.29. The molecule has 4 rings (SSSR count). The number of urea groups is 1. The van der Waals surface area contributed by atoms with Gasteiger partial charge in [0.15, 0.2) is 0 Å². The molecule has 0 bridgehead atoms. The number of imide groups is 2. The van der Waals surface area contributed by atoms with Crippen molar-refractivity contribution in [3.8, 4) is 0 Å². The fourth-order valence-electron chi connectivity index (χ4n) is 4.27. The predicted molar refractivity (Wildman–Crippen MR) is 112 cm³/mol. The Balaban J connectivity index is 1.60. The Bertz CT molecular complexity index is 886. The van der Waals surface area contributed by atoms with Gasteiger partial charge in [0.1, 0.15) is 5.41 Å². The number of aryl methyl sites for hydroxylation is 2. The molecule has 4 heterocycles. The van der Waals surface area contributed by atoms with Crippen LogP contribution in [-0.2, 0) is 27.2 Å². The zero-order chi connectivity index (χ0) is 21.7. The number of ether oxygens (including phenoxy) is 1. The first-order chi connectivity index (χ1) is 15.1. The molecule has 2 aromatic rings. The number of carbonyl (C=O) groups excluding carboxylic acids is 3. The number of pyridine rings is 2. The van der Waals surface area contributed by atoms with Gasteiger partial charge in [0.25, 0.3) is 0 Å². The molecule has 0 aromatic carbocycles. The summed E-state index contributed by atoms with van der Waals surface area (Å²) < 4.78 is 5.63. The lowest BCUT2D eigenvalue weighted by Crippen LogP contribution is -2.65. The van der Waals surface area contributed by atoms with Crippen LogP contribution in [0.2, 0.25) is 0 Å². The van der Waals surface area contributed by atoms with Gasteiger partial charge >= 0.3 is 6.03 Å². The summed E-state index contributed by atoms with van der Waals surface area (Å²) in [5, 5.41) is 2.44. The molecule has 2 aromatic heterocycles. The van der Waals surface area contributed by atoms with Crippen molar-refractivity contribution in [3.05, 3.63) is 60.2 Å². The highest BCUT2D eigenvalue weighted by atomic mass is 16.5. The fourth-order valence-corrected chi connectivity index (χ4v) is 4.27. The second kappa shape index (κ2) is 9.34. The highest BCUT2D eigenvalue weighted by Crippen LogP contribution is 2.36. The third-order valence-electron chi connectivity index (χ3n) is 6.14. The highest BCUT2D eigenvalue weighted by molar-refractivity contribution is 6.19. The first-order valence-electron chi connectivity index (χ1n) is 10.7. The Morgan fingerprint density at radius 1 is 0.968 bits per heavy atom. The largest absolute Gasteiger partial charge is 0.376 e. The zero-order valence-corrected chi connectivity index (χ0v) is 17.3. The monoisotopic (exact) mass is 422 g/mol. The van der Waals surface area contributed by atoms with E-state index in [0.717, 1.165) is 24.0 Å². The third-order valence-corrected chi connectivity index (χ3v) is 6.14.